The number of rotatable bonds is 1. The predicted molar refractivity (Wildman–Crippen MR) is 42.0 cm³/mol. The van der Waals surface area contributed by atoms with Gasteiger partial charge >= 0.3 is 0 Å². The van der Waals surface area contributed by atoms with E-state index in [1.807, 2.05) is 6.07 Å². The van der Waals surface area contributed by atoms with Crippen molar-refractivity contribution in [1.29, 1.82) is 0 Å². The van der Waals surface area contributed by atoms with E-state index in [1.165, 1.54) is 4.80 Å². The molecule has 1 aromatic carbocycles. The van der Waals surface area contributed by atoms with Crippen LogP contribution in [0.3, 0.4) is 0 Å². The summed E-state index contributed by atoms with van der Waals surface area (Å²) in [5, 5.41) is 14.5. The van der Waals surface area contributed by atoms with E-state index >= 15 is 0 Å². The van der Waals surface area contributed by atoms with Crippen molar-refractivity contribution in [2.24, 2.45) is 0 Å². The summed E-state index contributed by atoms with van der Waals surface area (Å²) in [6, 6.07) is 7.12. The van der Waals surface area contributed by atoms with Gasteiger partial charge in [-0.15, -0.1) is 4.80 Å². The largest absolute Gasteiger partial charge is 0.111 e. The lowest BCUT2D eigenvalue weighted by atomic mass is 10.3. The molecule has 1 heterocycles. The molecule has 6 heteroatoms. The smallest absolute Gasteiger partial charge is 0.0908 e. The van der Waals surface area contributed by atoms with E-state index in [0.717, 1.165) is 5.69 Å². The average Bonchev–Trinajstić information content (AvgIpc) is 2.56. The zero-order valence-electron chi connectivity index (χ0n) is 5.92. The summed E-state index contributed by atoms with van der Waals surface area (Å²) in [6.45, 7) is 0. The van der Waals surface area contributed by atoms with Gasteiger partial charge in [0.25, 0.3) is 0 Å². The van der Waals surface area contributed by atoms with E-state index in [9.17, 15) is 0 Å². The van der Waals surface area contributed by atoms with Crippen molar-refractivity contribution in [3.8, 4) is 5.69 Å². The van der Waals surface area contributed by atoms with Gasteiger partial charge in [0.15, 0.2) is 0 Å². The SMILES string of the molecule is Clc1cccc(-n2nnnn2)c1. The van der Waals surface area contributed by atoms with Crippen molar-refractivity contribution in [3.05, 3.63) is 29.3 Å². The fraction of sp³-hybridized carbons (Fsp3) is 0. The van der Waals surface area contributed by atoms with E-state index in [-0.39, 0.29) is 0 Å². The first-order chi connectivity index (χ1) is 5.86. The molecule has 0 amide bonds. The summed E-state index contributed by atoms with van der Waals surface area (Å²) in [6.07, 6.45) is 0. The lowest BCUT2D eigenvalue weighted by Crippen LogP contribution is -1.98. The first-order valence-electron chi connectivity index (χ1n) is 3.23. The molecule has 0 bridgehead atoms. The third-order valence-electron chi connectivity index (χ3n) is 1.33. The molecule has 5 nitrogen and oxygen atoms in total. The van der Waals surface area contributed by atoms with Gasteiger partial charge in [-0.3, -0.25) is 0 Å². The van der Waals surface area contributed by atoms with Gasteiger partial charge in [0.1, 0.15) is 0 Å². The van der Waals surface area contributed by atoms with E-state index < -0.39 is 0 Å². The molecule has 12 heavy (non-hydrogen) atoms. The van der Waals surface area contributed by atoms with Crippen molar-refractivity contribution in [2.75, 3.05) is 0 Å². The molecule has 0 saturated carbocycles. The second-order valence-corrected chi connectivity index (χ2v) is 2.56. The van der Waals surface area contributed by atoms with Gasteiger partial charge in [-0.2, -0.15) is 0 Å². The van der Waals surface area contributed by atoms with Crippen molar-refractivity contribution < 1.29 is 0 Å². The van der Waals surface area contributed by atoms with Crippen LogP contribution < -0.4 is 0 Å². The molecule has 60 valence electrons. The summed E-state index contributed by atoms with van der Waals surface area (Å²) in [5.74, 6) is 0. The van der Waals surface area contributed by atoms with Crippen LogP contribution in [0.2, 0.25) is 5.02 Å². The van der Waals surface area contributed by atoms with Gasteiger partial charge in [0, 0.05) is 5.02 Å². The van der Waals surface area contributed by atoms with Gasteiger partial charge in [-0.05, 0) is 39.1 Å². The first kappa shape index (κ1) is 7.17. The third kappa shape index (κ3) is 1.26. The quantitative estimate of drug-likeness (QED) is 0.650. The molecule has 0 aliphatic carbocycles. The average molecular weight is 182 g/mol. The van der Waals surface area contributed by atoms with Crippen molar-refractivity contribution >= 4 is 11.6 Å². The van der Waals surface area contributed by atoms with Crippen LogP contribution in [0.5, 0.6) is 0 Å². The summed E-state index contributed by atoms with van der Waals surface area (Å²) < 4.78 is 0. The van der Waals surface area contributed by atoms with Crippen LogP contribution in [0.15, 0.2) is 24.3 Å². The standard InChI is InChI=1S/C6H4ClN5/c7-5-2-1-3-6(4-5)12-10-8-9-11-12/h1-4H. The third-order valence-corrected chi connectivity index (χ3v) is 1.56. The Bertz CT molecular complexity index is 371. The van der Waals surface area contributed by atoms with E-state index in [4.69, 9.17) is 11.6 Å². The van der Waals surface area contributed by atoms with Crippen molar-refractivity contribution in [1.82, 2.24) is 25.7 Å². The van der Waals surface area contributed by atoms with Gasteiger partial charge in [-0.25, -0.2) is 0 Å². The fourth-order valence-corrected chi connectivity index (χ4v) is 1.02. The second kappa shape index (κ2) is 2.86. The molecule has 0 unspecified atom stereocenters. The molecule has 0 fully saturated rings. The van der Waals surface area contributed by atoms with Crippen LogP contribution in [-0.4, -0.2) is 25.7 Å². The molecule has 0 spiro atoms. The maximum atomic E-state index is 5.75. The molecular formula is C6H4ClN5. The highest BCUT2D eigenvalue weighted by molar-refractivity contribution is 6.30. The Morgan fingerprint density at radius 2 is 1.92 bits per heavy atom. The fourth-order valence-electron chi connectivity index (χ4n) is 0.833. The molecule has 0 atom stereocenters. The molecular weight excluding hydrogens is 178 g/mol. The molecule has 2 rings (SSSR count). The summed E-state index contributed by atoms with van der Waals surface area (Å²) in [7, 11) is 0. The lowest BCUT2D eigenvalue weighted by Gasteiger charge is -1.95. The minimum Gasteiger partial charge on any atom is -0.111 e. The Hall–Kier alpha value is -1.49. The Labute approximate surface area is 72.9 Å². The second-order valence-electron chi connectivity index (χ2n) is 2.13. The van der Waals surface area contributed by atoms with Crippen LogP contribution in [0, 0.1) is 0 Å². The normalized spacial score (nSPS) is 10.1. The molecule has 0 radical (unpaired) electrons. The Morgan fingerprint density at radius 1 is 1.17 bits per heavy atom. The Balaban J connectivity index is 2.48. The highest BCUT2D eigenvalue weighted by atomic mass is 35.5. The van der Waals surface area contributed by atoms with Crippen LogP contribution in [0.25, 0.3) is 5.69 Å². The lowest BCUT2D eigenvalue weighted by molar-refractivity contribution is 0.712. The molecule has 0 N–H and O–H groups in total. The van der Waals surface area contributed by atoms with E-state index in [1.54, 1.807) is 18.2 Å². The van der Waals surface area contributed by atoms with E-state index in [0.29, 0.717) is 5.02 Å². The van der Waals surface area contributed by atoms with Crippen molar-refractivity contribution in [3.63, 3.8) is 0 Å². The van der Waals surface area contributed by atoms with Crippen LogP contribution in [0.1, 0.15) is 0 Å². The summed E-state index contributed by atoms with van der Waals surface area (Å²) >= 11 is 5.75. The van der Waals surface area contributed by atoms with Gasteiger partial charge < -0.3 is 0 Å². The first-order valence-corrected chi connectivity index (χ1v) is 3.61. The number of aromatic nitrogens is 5. The molecule has 0 aliphatic heterocycles. The van der Waals surface area contributed by atoms with Crippen molar-refractivity contribution in [2.45, 2.75) is 0 Å². The molecule has 0 aliphatic rings. The highest BCUT2D eigenvalue weighted by Gasteiger charge is 1.98. The number of hydrogen-bond acceptors (Lipinski definition) is 4. The van der Waals surface area contributed by atoms with Crippen LogP contribution >= 0.6 is 11.6 Å². The topological polar surface area (TPSA) is 56.5 Å². The molecule has 1 aromatic heterocycles. The maximum absolute atomic E-state index is 5.75. The zero-order valence-corrected chi connectivity index (χ0v) is 6.68. The van der Waals surface area contributed by atoms with Crippen LogP contribution in [-0.2, 0) is 0 Å². The Kier molecular flexibility index (Phi) is 1.71. The number of hydrogen-bond donors (Lipinski definition) is 0. The maximum Gasteiger partial charge on any atom is 0.0908 e. The number of nitrogens with zero attached hydrogens (tertiary/aromatic N) is 5. The predicted octanol–water partition coefficient (Wildman–Crippen LogP) is 0.711. The number of benzene rings is 1. The summed E-state index contributed by atoms with van der Waals surface area (Å²) in [5.41, 5.74) is 0.743. The zero-order chi connectivity index (χ0) is 8.39. The van der Waals surface area contributed by atoms with Gasteiger partial charge in [0.05, 0.1) is 5.69 Å². The minimum atomic E-state index is 0.629. The Morgan fingerprint density at radius 3 is 2.58 bits per heavy atom. The molecule has 2 aromatic rings. The van der Waals surface area contributed by atoms with Gasteiger partial charge in [0.2, 0.25) is 0 Å². The minimum absolute atomic E-state index is 0.629. The molecule has 0 saturated heterocycles. The van der Waals surface area contributed by atoms with Crippen LogP contribution in [0.4, 0.5) is 0 Å². The highest BCUT2D eigenvalue weighted by Crippen LogP contribution is 2.11. The summed E-state index contributed by atoms with van der Waals surface area (Å²) in [4.78, 5) is 1.30. The monoisotopic (exact) mass is 181 g/mol. The number of halogens is 1. The van der Waals surface area contributed by atoms with E-state index in [2.05, 4.69) is 20.9 Å². The van der Waals surface area contributed by atoms with Gasteiger partial charge in [-0.1, -0.05) is 17.7 Å².